The van der Waals surface area contributed by atoms with Gasteiger partial charge in [-0.25, -0.2) is 0 Å². The molecule has 0 fully saturated rings. The number of nitrogens with zero attached hydrogens (tertiary/aromatic N) is 4. The van der Waals surface area contributed by atoms with E-state index in [9.17, 15) is 13.2 Å². The predicted octanol–water partition coefficient (Wildman–Crippen LogP) is 11.1. The van der Waals surface area contributed by atoms with Crippen molar-refractivity contribution in [3.63, 3.8) is 0 Å². The summed E-state index contributed by atoms with van der Waals surface area (Å²) in [6.07, 6.45) is 26.6. The number of aromatic nitrogens is 4. The Morgan fingerprint density at radius 2 is 1.23 bits per heavy atom. The molecule has 0 aliphatic carbocycles. The molecular weight excluding hydrogens is 705 g/mol. The molecule has 2 aromatic rings. The van der Waals surface area contributed by atoms with Gasteiger partial charge in [-0.1, -0.05) is 179 Å². The number of carbonyl (C=O) groups excluding carboxylic acids is 1. The van der Waals surface area contributed by atoms with Crippen LogP contribution in [-0.4, -0.2) is 62.7 Å². The van der Waals surface area contributed by atoms with E-state index in [4.69, 9.17) is 13.3 Å². The van der Waals surface area contributed by atoms with Crippen molar-refractivity contribution in [1.29, 1.82) is 0 Å². The van der Waals surface area contributed by atoms with Crippen molar-refractivity contribution in [2.24, 2.45) is 5.92 Å². The van der Waals surface area contributed by atoms with Gasteiger partial charge in [-0.2, -0.15) is 13.1 Å². The standard InChI is InChI=1S/C41H74N4O6SSi/c1-8-9-10-11-12-13-14-15-16-17-18-19-20-21-22-23-24-25-26-30-33-37(39(46)49-5)38(51-53(6,7)41(2,3)4)34-35-50-52(47,48)40-42-43-44-45(40)36-31-28-27-29-32-36/h27-29,31-32,37-38H,8-26,30,33-35H2,1-7H3/t37-,38-/m1/s1. The number of benzene rings is 1. The molecule has 53 heavy (non-hydrogen) atoms. The largest absolute Gasteiger partial charge is 0.469 e. The van der Waals surface area contributed by atoms with Crippen molar-refractivity contribution in [3.8, 4) is 5.69 Å². The highest BCUT2D eigenvalue weighted by Crippen LogP contribution is 2.39. The summed E-state index contributed by atoms with van der Waals surface area (Å²) in [5, 5.41) is 10.6. The van der Waals surface area contributed by atoms with Crippen LogP contribution < -0.4 is 0 Å². The van der Waals surface area contributed by atoms with Crippen LogP contribution in [0.2, 0.25) is 18.1 Å². The molecule has 0 radical (unpaired) electrons. The Bertz CT molecular complexity index is 1350. The van der Waals surface area contributed by atoms with E-state index in [0.717, 1.165) is 23.9 Å². The van der Waals surface area contributed by atoms with Gasteiger partial charge in [0.05, 0.1) is 31.4 Å². The van der Waals surface area contributed by atoms with E-state index in [-0.39, 0.29) is 24.0 Å². The number of esters is 1. The van der Waals surface area contributed by atoms with Crippen LogP contribution in [0.5, 0.6) is 0 Å². The number of methoxy groups -OCH3 is 1. The average molecular weight is 779 g/mol. The van der Waals surface area contributed by atoms with E-state index in [0.29, 0.717) is 12.1 Å². The van der Waals surface area contributed by atoms with Crippen LogP contribution in [0.3, 0.4) is 0 Å². The van der Waals surface area contributed by atoms with Crippen molar-refractivity contribution in [1.82, 2.24) is 20.2 Å². The van der Waals surface area contributed by atoms with Gasteiger partial charge in [0.2, 0.25) is 0 Å². The Morgan fingerprint density at radius 1 is 0.755 bits per heavy atom. The predicted molar refractivity (Wildman–Crippen MR) is 217 cm³/mol. The van der Waals surface area contributed by atoms with Gasteiger partial charge in [-0.3, -0.25) is 8.98 Å². The third-order valence-electron chi connectivity index (χ3n) is 10.9. The maximum atomic E-state index is 13.2. The number of hydrogen-bond acceptors (Lipinski definition) is 9. The minimum atomic E-state index is -4.30. The highest BCUT2D eigenvalue weighted by Gasteiger charge is 2.42. The van der Waals surface area contributed by atoms with Crippen molar-refractivity contribution in [3.05, 3.63) is 30.3 Å². The number of hydrogen-bond donors (Lipinski definition) is 0. The Labute approximate surface area is 324 Å². The van der Waals surface area contributed by atoms with E-state index in [2.05, 4.69) is 56.3 Å². The quantitative estimate of drug-likeness (QED) is 0.0318. The zero-order valence-electron chi connectivity index (χ0n) is 34.5. The summed E-state index contributed by atoms with van der Waals surface area (Å²) in [5.74, 6) is -0.854. The van der Waals surface area contributed by atoms with Crippen LogP contribution in [0.1, 0.15) is 169 Å². The second kappa shape index (κ2) is 25.8. The molecule has 1 aromatic heterocycles. The fraction of sp³-hybridized carbons (Fsp3) is 0.805. The number of ether oxygens (including phenoxy) is 1. The van der Waals surface area contributed by atoms with Gasteiger partial charge in [0, 0.05) is 0 Å². The molecule has 0 aliphatic heterocycles. The van der Waals surface area contributed by atoms with Crippen LogP contribution >= 0.6 is 0 Å². The lowest BCUT2D eigenvalue weighted by molar-refractivity contribution is -0.149. The molecule has 12 heteroatoms. The topological polar surface area (TPSA) is 123 Å². The van der Waals surface area contributed by atoms with Gasteiger partial charge >= 0.3 is 16.1 Å². The lowest BCUT2D eigenvalue weighted by Crippen LogP contribution is -2.47. The number of unbranched alkanes of at least 4 members (excludes halogenated alkanes) is 19. The highest BCUT2D eigenvalue weighted by molar-refractivity contribution is 7.86. The molecule has 2 rings (SSSR count). The molecule has 10 nitrogen and oxygen atoms in total. The second-order valence-electron chi connectivity index (χ2n) is 16.3. The van der Waals surface area contributed by atoms with E-state index in [1.54, 1.807) is 24.3 Å². The summed E-state index contributed by atoms with van der Waals surface area (Å²) >= 11 is 0. The molecule has 0 aliphatic rings. The lowest BCUT2D eigenvalue weighted by Gasteiger charge is -2.41. The van der Waals surface area contributed by atoms with Crippen molar-refractivity contribution >= 4 is 24.4 Å². The number of para-hydroxylation sites is 1. The van der Waals surface area contributed by atoms with E-state index in [1.165, 1.54) is 116 Å². The molecule has 2 atom stereocenters. The van der Waals surface area contributed by atoms with Crippen LogP contribution in [0, 0.1) is 5.92 Å². The molecule has 0 amide bonds. The first kappa shape index (κ1) is 47.0. The number of carbonyl (C=O) groups is 1. The summed E-state index contributed by atoms with van der Waals surface area (Å²) in [6.45, 7) is 12.8. The average Bonchev–Trinajstić information content (AvgIpc) is 3.63. The summed E-state index contributed by atoms with van der Waals surface area (Å²) in [7, 11) is -5.23. The molecule has 0 spiro atoms. The van der Waals surface area contributed by atoms with Gasteiger partial charge < -0.3 is 9.16 Å². The molecule has 304 valence electrons. The van der Waals surface area contributed by atoms with Crippen molar-refractivity contribution < 1.29 is 26.6 Å². The fourth-order valence-electron chi connectivity index (χ4n) is 6.52. The lowest BCUT2D eigenvalue weighted by atomic mass is 9.93. The van der Waals surface area contributed by atoms with Crippen molar-refractivity contribution in [2.45, 2.75) is 198 Å². The van der Waals surface area contributed by atoms with E-state index < -0.39 is 35.6 Å². The maximum Gasteiger partial charge on any atom is 0.334 e. The summed E-state index contributed by atoms with van der Waals surface area (Å²) in [6, 6.07) is 8.78. The molecule has 0 saturated carbocycles. The molecule has 1 aromatic carbocycles. The van der Waals surface area contributed by atoms with E-state index in [1.807, 2.05) is 6.07 Å². The normalized spacial score (nSPS) is 13.6. The zero-order valence-corrected chi connectivity index (χ0v) is 36.3. The molecular formula is C41H74N4O6SSi. The summed E-state index contributed by atoms with van der Waals surface area (Å²) in [4.78, 5) is 13.2. The van der Waals surface area contributed by atoms with E-state index >= 15 is 0 Å². The first-order valence-corrected chi connectivity index (χ1v) is 25.1. The second-order valence-corrected chi connectivity index (χ2v) is 22.6. The number of rotatable bonds is 31. The Kier molecular flexibility index (Phi) is 22.9. The Hall–Kier alpha value is -2.15. The molecule has 1 heterocycles. The van der Waals surface area contributed by atoms with Gasteiger partial charge in [-0.15, -0.1) is 0 Å². The minimum Gasteiger partial charge on any atom is -0.469 e. The zero-order chi connectivity index (χ0) is 39.0. The molecule has 0 bridgehead atoms. The fourth-order valence-corrected chi connectivity index (χ4v) is 8.82. The Balaban J connectivity index is 1.77. The molecule has 0 saturated heterocycles. The highest BCUT2D eigenvalue weighted by atomic mass is 32.2. The van der Waals surface area contributed by atoms with Crippen molar-refractivity contribution in [2.75, 3.05) is 13.7 Å². The SMILES string of the molecule is CCCCCCCCCCCCCCCCCCCCCC[C@@H](C(=O)OC)[C@@H](CCOS(=O)(=O)c1nnnn1-c1ccccc1)O[Si](C)(C)C(C)(C)C. The summed E-state index contributed by atoms with van der Waals surface area (Å²) < 4.78 is 45.1. The van der Waals surface area contributed by atoms with Gasteiger partial charge in [0.1, 0.15) is 0 Å². The Morgan fingerprint density at radius 3 is 1.68 bits per heavy atom. The van der Waals surface area contributed by atoms with Crippen LogP contribution in [0.15, 0.2) is 35.5 Å². The first-order chi connectivity index (χ1) is 25.3. The summed E-state index contributed by atoms with van der Waals surface area (Å²) in [5.41, 5.74) is 0.499. The minimum absolute atomic E-state index is 0.108. The van der Waals surface area contributed by atoms with Crippen LogP contribution in [-0.2, 0) is 28.3 Å². The van der Waals surface area contributed by atoms with Crippen LogP contribution in [0.25, 0.3) is 5.69 Å². The van der Waals surface area contributed by atoms with Gasteiger partial charge in [-0.05, 0) is 53.5 Å². The third kappa shape index (κ3) is 18.4. The van der Waals surface area contributed by atoms with Gasteiger partial charge in [0.15, 0.2) is 8.32 Å². The monoisotopic (exact) mass is 779 g/mol. The molecule has 0 N–H and O–H groups in total. The van der Waals surface area contributed by atoms with Gasteiger partial charge in [0.25, 0.3) is 5.16 Å². The first-order valence-electron chi connectivity index (χ1n) is 20.8. The maximum absolute atomic E-state index is 13.2. The molecule has 0 unspecified atom stereocenters. The number of tetrazole rings is 1. The third-order valence-corrected chi connectivity index (χ3v) is 16.6. The van der Waals surface area contributed by atoms with Crippen LogP contribution in [0.4, 0.5) is 0 Å². The smallest absolute Gasteiger partial charge is 0.334 e.